The van der Waals surface area contributed by atoms with E-state index in [1.165, 1.54) is 18.2 Å². The molecule has 3 N–H and O–H groups in total. The van der Waals surface area contributed by atoms with Gasteiger partial charge in [0.15, 0.2) is 17.2 Å². The van der Waals surface area contributed by atoms with Crippen LogP contribution in [0.25, 0.3) is 10.8 Å². The molecular formula is C18H20O6. The van der Waals surface area contributed by atoms with E-state index in [1.54, 1.807) is 0 Å². The minimum Gasteiger partial charge on any atom is -0.504 e. The minimum absolute atomic E-state index is 0.000168. The lowest BCUT2D eigenvalue weighted by molar-refractivity contribution is 0.0497. The summed E-state index contributed by atoms with van der Waals surface area (Å²) >= 11 is 0. The molecule has 0 aliphatic heterocycles. The van der Waals surface area contributed by atoms with Gasteiger partial charge in [0, 0.05) is 0 Å². The van der Waals surface area contributed by atoms with Crippen LogP contribution in [0.2, 0.25) is 0 Å². The van der Waals surface area contributed by atoms with Crippen LogP contribution in [0.3, 0.4) is 0 Å². The van der Waals surface area contributed by atoms with Crippen LogP contribution >= 0.6 is 0 Å². The first kappa shape index (κ1) is 17.6. The number of hydrogen-bond acceptors (Lipinski definition) is 6. The number of phenols is 2. The van der Waals surface area contributed by atoms with Crippen LogP contribution in [0.1, 0.15) is 43.0 Å². The maximum Gasteiger partial charge on any atom is 0.338 e. The number of aromatic hydroxyl groups is 3. The van der Waals surface area contributed by atoms with E-state index in [2.05, 4.69) is 6.92 Å². The Kier molecular flexibility index (Phi) is 5.63. The number of carbonyl (C=O) groups is 1. The summed E-state index contributed by atoms with van der Waals surface area (Å²) in [6, 6.07) is 4.93. The lowest BCUT2D eigenvalue weighted by Gasteiger charge is -2.04. The molecule has 0 saturated heterocycles. The van der Waals surface area contributed by atoms with E-state index in [9.17, 15) is 24.9 Å². The molecule has 0 fully saturated rings. The summed E-state index contributed by atoms with van der Waals surface area (Å²) < 4.78 is 5.15. The summed E-state index contributed by atoms with van der Waals surface area (Å²) in [7, 11) is 0. The summed E-state index contributed by atoms with van der Waals surface area (Å²) in [4.78, 5) is 24.3. The summed E-state index contributed by atoms with van der Waals surface area (Å²) in [5, 5.41) is 29.2. The molecule has 24 heavy (non-hydrogen) atoms. The van der Waals surface area contributed by atoms with Gasteiger partial charge in [0.05, 0.1) is 17.6 Å². The van der Waals surface area contributed by atoms with Gasteiger partial charge in [0.2, 0.25) is 5.43 Å². The van der Waals surface area contributed by atoms with Gasteiger partial charge in [0.25, 0.3) is 0 Å². The van der Waals surface area contributed by atoms with Crippen molar-refractivity contribution in [1.82, 2.24) is 0 Å². The Labute approximate surface area is 138 Å². The number of hydrogen-bond donors (Lipinski definition) is 3. The molecular weight excluding hydrogens is 312 g/mol. The molecule has 0 amide bonds. The van der Waals surface area contributed by atoms with Gasteiger partial charge in [-0.05, 0) is 30.0 Å². The third kappa shape index (κ3) is 3.76. The second-order valence-corrected chi connectivity index (χ2v) is 5.55. The van der Waals surface area contributed by atoms with Crippen molar-refractivity contribution >= 4 is 16.7 Å². The number of fused-ring (bicyclic) bond motifs is 1. The first-order valence-corrected chi connectivity index (χ1v) is 7.84. The second kappa shape index (κ2) is 7.68. The maximum atomic E-state index is 12.1. The fourth-order valence-electron chi connectivity index (χ4n) is 2.40. The van der Waals surface area contributed by atoms with Gasteiger partial charge in [-0.2, -0.15) is 0 Å². The molecule has 6 heteroatoms. The highest BCUT2D eigenvalue weighted by Crippen LogP contribution is 2.32. The van der Waals surface area contributed by atoms with E-state index in [-0.39, 0.29) is 22.9 Å². The van der Waals surface area contributed by atoms with Crippen LogP contribution in [0, 0.1) is 0 Å². The highest BCUT2D eigenvalue weighted by molar-refractivity contribution is 5.97. The molecule has 0 aromatic heterocycles. The van der Waals surface area contributed by atoms with E-state index in [0.717, 1.165) is 31.7 Å². The monoisotopic (exact) mass is 332 g/mol. The van der Waals surface area contributed by atoms with Crippen molar-refractivity contribution in [3.63, 3.8) is 0 Å². The first-order chi connectivity index (χ1) is 11.5. The molecule has 0 unspecified atom stereocenters. The quantitative estimate of drug-likeness (QED) is 0.427. The van der Waals surface area contributed by atoms with Gasteiger partial charge in [-0.1, -0.05) is 32.3 Å². The zero-order valence-corrected chi connectivity index (χ0v) is 13.4. The third-order valence-corrected chi connectivity index (χ3v) is 3.72. The normalized spacial score (nSPS) is 10.7. The summed E-state index contributed by atoms with van der Waals surface area (Å²) in [5.41, 5.74) is -0.874. The smallest absolute Gasteiger partial charge is 0.338 e. The SMILES string of the molecule is CCCCCCOC(=O)c1cc(O)c(=O)c2c(O)c(O)ccc2c1. The van der Waals surface area contributed by atoms with Crippen LogP contribution in [-0.4, -0.2) is 27.9 Å². The molecule has 2 rings (SSSR count). The Bertz CT molecular complexity index is 813. The average Bonchev–Trinajstić information content (AvgIpc) is 2.68. The zero-order chi connectivity index (χ0) is 17.7. The van der Waals surface area contributed by atoms with Crippen molar-refractivity contribution in [1.29, 1.82) is 0 Å². The van der Waals surface area contributed by atoms with E-state index in [0.29, 0.717) is 0 Å². The molecule has 2 aromatic rings. The van der Waals surface area contributed by atoms with Gasteiger partial charge >= 0.3 is 5.97 Å². The van der Waals surface area contributed by atoms with Crippen LogP contribution < -0.4 is 5.43 Å². The van der Waals surface area contributed by atoms with Crippen LogP contribution in [-0.2, 0) is 4.74 Å². The largest absolute Gasteiger partial charge is 0.504 e. The molecule has 6 nitrogen and oxygen atoms in total. The van der Waals surface area contributed by atoms with Crippen molar-refractivity contribution in [3.05, 3.63) is 40.1 Å². The molecule has 0 saturated carbocycles. The van der Waals surface area contributed by atoms with Gasteiger partial charge in [-0.15, -0.1) is 0 Å². The number of carbonyl (C=O) groups excluding carboxylic acids is 1. The van der Waals surface area contributed by atoms with E-state index in [1.807, 2.05) is 0 Å². The standard InChI is InChI=1S/C18H20O6/c1-2-3-4-5-8-24-18(23)12-9-11-6-7-13(19)16(21)15(11)17(22)14(20)10-12/h6-7,9-10,19,21H,2-5,8H2,1H3,(H,20,22). The topological polar surface area (TPSA) is 104 Å². The molecule has 0 heterocycles. The Balaban J connectivity index is 2.36. The van der Waals surface area contributed by atoms with Gasteiger partial charge in [-0.25, -0.2) is 4.79 Å². The summed E-state index contributed by atoms with van der Waals surface area (Å²) in [5.74, 6) is -2.48. The van der Waals surface area contributed by atoms with Crippen LogP contribution in [0.15, 0.2) is 29.1 Å². The molecule has 0 atom stereocenters. The highest BCUT2D eigenvalue weighted by atomic mass is 16.5. The Morgan fingerprint density at radius 2 is 1.79 bits per heavy atom. The lowest BCUT2D eigenvalue weighted by atomic mass is 10.1. The maximum absolute atomic E-state index is 12.1. The van der Waals surface area contributed by atoms with Gasteiger partial charge < -0.3 is 20.1 Å². The fourth-order valence-corrected chi connectivity index (χ4v) is 2.40. The Hall–Kier alpha value is -2.76. The number of phenolic OH excluding ortho intramolecular Hbond substituents is 2. The Morgan fingerprint density at radius 1 is 1.04 bits per heavy atom. The van der Waals surface area contributed by atoms with Crippen molar-refractivity contribution in [2.75, 3.05) is 6.61 Å². The second-order valence-electron chi connectivity index (χ2n) is 5.55. The molecule has 0 aliphatic rings. The van der Waals surface area contributed by atoms with Gasteiger partial charge in [0.1, 0.15) is 0 Å². The molecule has 0 spiro atoms. The van der Waals surface area contributed by atoms with E-state index in [4.69, 9.17) is 4.74 Å². The molecule has 0 bridgehead atoms. The average molecular weight is 332 g/mol. The van der Waals surface area contributed by atoms with Crippen molar-refractivity contribution in [3.8, 4) is 17.2 Å². The highest BCUT2D eigenvalue weighted by Gasteiger charge is 2.15. The molecule has 128 valence electrons. The molecule has 0 aliphatic carbocycles. The molecule has 0 radical (unpaired) electrons. The number of esters is 1. The first-order valence-electron chi connectivity index (χ1n) is 7.84. The fraction of sp³-hybridized carbons (Fsp3) is 0.333. The summed E-state index contributed by atoms with van der Waals surface area (Å²) in [6.07, 6.45) is 3.83. The van der Waals surface area contributed by atoms with Crippen LogP contribution in [0.5, 0.6) is 17.2 Å². The van der Waals surface area contributed by atoms with E-state index < -0.39 is 28.6 Å². The van der Waals surface area contributed by atoms with Crippen molar-refractivity contribution in [2.45, 2.75) is 32.6 Å². The van der Waals surface area contributed by atoms with Crippen molar-refractivity contribution < 1.29 is 24.9 Å². The predicted octanol–water partition coefficient (Wildman–Crippen LogP) is 3.05. The lowest BCUT2D eigenvalue weighted by Crippen LogP contribution is -2.06. The number of rotatable bonds is 6. The van der Waals surface area contributed by atoms with E-state index >= 15 is 0 Å². The minimum atomic E-state index is -0.875. The van der Waals surface area contributed by atoms with Gasteiger partial charge in [-0.3, -0.25) is 4.79 Å². The summed E-state index contributed by atoms with van der Waals surface area (Å²) in [6.45, 7) is 2.34. The number of benzene rings is 1. The zero-order valence-electron chi connectivity index (χ0n) is 13.4. The number of ether oxygens (including phenoxy) is 1. The molecule has 2 aromatic carbocycles. The Morgan fingerprint density at radius 3 is 2.50 bits per heavy atom. The van der Waals surface area contributed by atoms with Crippen LogP contribution in [0.4, 0.5) is 0 Å². The predicted molar refractivity (Wildman–Crippen MR) is 89.6 cm³/mol. The third-order valence-electron chi connectivity index (χ3n) is 3.72. The number of unbranched alkanes of at least 4 members (excludes halogenated alkanes) is 3. The van der Waals surface area contributed by atoms with Crippen molar-refractivity contribution in [2.24, 2.45) is 0 Å².